The van der Waals surface area contributed by atoms with Gasteiger partial charge in [0.05, 0.1) is 11.6 Å². The molecule has 29 heavy (non-hydrogen) atoms. The van der Waals surface area contributed by atoms with Crippen molar-refractivity contribution in [3.8, 4) is 5.82 Å². The molecule has 0 saturated carbocycles. The minimum absolute atomic E-state index is 0.0462. The molecule has 1 aliphatic rings. The van der Waals surface area contributed by atoms with Crippen molar-refractivity contribution in [3.63, 3.8) is 0 Å². The number of aryl methyl sites for hydroxylation is 2. The van der Waals surface area contributed by atoms with Crippen LogP contribution in [-0.4, -0.2) is 38.7 Å². The van der Waals surface area contributed by atoms with E-state index >= 15 is 0 Å². The van der Waals surface area contributed by atoms with E-state index in [1.54, 1.807) is 6.33 Å². The molecule has 2 aromatic heterocycles. The Hall–Kier alpha value is -2.74. The van der Waals surface area contributed by atoms with Crippen LogP contribution in [0.2, 0.25) is 0 Å². The SMILES string of the molecule is Cc1cc(C)n(-c2cc(N3CCCC(C(=O)Nc4ccc(Br)cc4)C3)ncn2)n1. The molecule has 0 bridgehead atoms. The fourth-order valence-corrected chi connectivity index (χ4v) is 3.93. The summed E-state index contributed by atoms with van der Waals surface area (Å²) >= 11 is 3.41. The van der Waals surface area contributed by atoms with E-state index in [0.717, 1.165) is 52.6 Å². The minimum Gasteiger partial charge on any atom is -0.356 e. The maximum absolute atomic E-state index is 12.8. The van der Waals surface area contributed by atoms with Gasteiger partial charge < -0.3 is 10.2 Å². The van der Waals surface area contributed by atoms with E-state index in [0.29, 0.717) is 6.54 Å². The third kappa shape index (κ3) is 4.48. The molecule has 150 valence electrons. The number of piperidine rings is 1. The largest absolute Gasteiger partial charge is 0.356 e. The molecule has 7 nitrogen and oxygen atoms in total. The van der Waals surface area contributed by atoms with Crippen LogP contribution < -0.4 is 10.2 Å². The molecule has 1 amide bonds. The van der Waals surface area contributed by atoms with Crippen molar-refractivity contribution in [1.82, 2.24) is 19.7 Å². The van der Waals surface area contributed by atoms with Gasteiger partial charge in [0.1, 0.15) is 12.1 Å². The van der Waals surface area contributed by atoms with E-state index in [4.69, 9.17) is 0 Å². The van der Waals surface area contributed by atoms with E-state index in [2.05, 4.69) is 41.2 Å². The molecule has 3 aromatic rings. The zero-order valence-corrected chi connectivity index (χ0v) is 18.1. The molecule has 1 atom stereocenters. The number of anilines is 2. The summed E-state index contributed by atoms with van der Waals surface area (Å²) in [6.45, 7) is 5.47. The molecule has 1 fully saturated rings. The lowest BCUT2D eigenvalue weighted by molar-refractivity contribution is -0.120. The van der Waals surface area contributed by atoms with Gasteiger partial charge >= 0.3 is 0 Å². The Morgan fingerprint density at radius 2 is 1.90 bits per heavy atom. The lowest BCUT2D eigenvalue weighted by Crippen LogP contribution is -2.41. The Kier molecular flexibility index (Phi) is 5.62. The monoisotopic (exact) mass is 454 g/mol. The summed E-state index contributed by atoms with van der Waals surface area (Å²) in [5, 5.41) is 7.53. The quantitative estimate of drug-likeness (QED) is 0.646. The van der Waals surface area contributed by atoms with Gasteiger partial charge in [-0.15, -0.1) is 0 Å². The van der Waals surface area contributed by atoms with Crippen molar-refractivity contribution in [1.29, 1.82) is 0 Å². The number of hydrogen-bond acceptors (Lipinski definition) is 5. The zero-order valence-electron chi connectivity index (χ0n) is 16.5. The van der Waals surface area contributed by atoms with Crippen molar-refractivity contribution >= 4 is 33.3 Å². The predicted molar refractivity (Wildman–Crippen MR) is 116 cm³/mol. The van der Waals surface area contributed by atoms with Gasteiger partial charge in [-0.25, -0.2) is 14.6 Å². The number of aromatic nitrogens is 4. The third-order valence-electron chi connectivity index (χ3n) is 5.09. The van der Waals surface area contributed by atoms with Gasteiger partial charge in [-0.05, 0) is 57.0 Å². The first kappa shape index (κ1) is 19.6. The Morgan fingerprint density at radius 3 is 2.62 bits per heavy atom. The van der Waals surface area contributed by atoms with Crippen LogP contribution >= 0.6 is 15.9 Å². The van der Waals surface area contributed by atoms with Gasteiger partial charge in [-0.2, -0.15) is 5.10 Å². The maximum atomic E-state index is 12.8. The van der Waals surface area contributed by atoms with Gasteiger partial charge in [0.2, 0.25) is 5.91 Å². The fourth-order valence-electron chi connectivity index (χ4n) is 3.66. The van der Waals surface area contributed by atoms with Gasteiger partial charge in [0, 0.05) is 35.0 Å². The van der Waals surface area contributed by atoms with E-state index in [9.17, 15) is 4.79 Å². The molecule has 0 spiro atoms. The minimum atomic E-state index is -0.0838. The highest BCUT2D eigenvalue weighted by molar-refractivity contribution is 9.10. The van der Waals surface area contributed by atoms with Gasteiger partial charge in [-0.3, -0.25) is 4.79 Å². The van der Waals surface area contributed by atoms with Gasteiger partial charge in [0.25, 0.3) is 0 Å². The van der Waals surface area contributed by atoms with Crippen LogP contribution in [0.5, 0.6) is 0 Å². The first-order valence-corrected chi connectivity index (χ1v) is 10.5. The molecular weight excluding hydrogens is 432 g/mol. The van der Waals surface area contributed by atoms with Crippen LogP contribution in [0.4, 0.5) is 11.5 Å². The highest BCUT2D eigenvalue weighted by atomic mass is 79.9. The van der Waals surface area contributed by atoms with E-state index in [1.165, 1.54) is 0 Å². The average Bonchev–Trinajstić information content (AvgIpc) is 3.08. The van der Waals surface area contributed by atoms with Crippen molar-refractivity contribution in [2.75, 3.05) is 23.3 Å². The molecule has 0 aliphatic carbocycles. The van der Waals surface area contributed by atoms with E-state index in [1.807, 2.05) is 54.9 Å². The summed E-state index contributed by atoms with van der Waals surface area (Å²) in [4.78, 5) is 23.8. The second-order valence-electron chi connectivity index (χ2n) is 7.35. The fraction of sp³-hybridized carbons (Fsp3) is 0.333. The summed E-state index contributed by atoms with van der Waals surface area (Å²) in [5.41, 5.74) is 2.78. The molecule has 8 heteroatoms. The summed E-state index contributed by atoms with van der Waals surface area (Å²) in [5.74, 6) is 1.52. The Balaban J connectivity index is 1.48. The van der Waals surface area contributed by atoms with Crippen molar-refractivity contribution in [2.24, 2.45) is 5.92 Å². The number of nitrogens with one attached hydrogen (secondary N) is 1. The highest BCUT2D eigenvalue weighted by Crippen LogP contribution is 2.24. The summed E-state index contributed by atoms with van der Waals surface area (Å²) in [7, 11) is 0. The standard InChI is InChI=1S/C21H23BrN6O/c1-14-10-15(2)28(26-14)20-11-19(23-13-24-20)27-9-3-4-16(12-27)21(29)25-18-7-5-17(22)6-8-18/h5-8,10-11,13,16H,3-4,9,12H2,1-2H3,(H,25,29). The smallest absolute Gasteiger partial charge is 0.229 e. The topological polar surface area (TPSA) is 75.9 Å². The molecule has 1 aromatic carbocycles. The van der Waals surface area contributed by atoms with Crippen LogP contribution in [0.3, 0.4) is 0 Å². The van der Waals surface area contributed by atoms with Gasteiger partial charge in [-0.1, -0.05) is 15.9 Å². The Labute approximate surface area is 178 Å². The maximum Gasteiger partial charge on any atom is 0.229 e. The second kappa shape index (κ2) is 8.32. The number of rotatable bonds is 4. The molecule has 3 heterocycles. The third-order valence-corrected chi connectivity index (χ3v) is 5.62. The molecule has 1 saturated heterocycles. The summed E-state index contributed by atoms with van der Waals surface area (Å²) in [6, 6.07) is 11.6. The Bertz CT molecular complexity index is 1020. The zero-order chi connectivity index (χ0) is 20.4. The Morgan fingerprint density at radius 1 is 1.14 bits per heavy atom. The molecule has 4 rings (SSSR count). The molecular formula is C21H23BrN6O. The highest BCUT2D eigenvalue weighted by Gasteiger charge is 2.27. The first-order valence-electron chi connectivity index (χ1n) is 9.66. The summed E-state index contributed by atoms with van der Waals surface area (Å²) in [6.07, 6.45) is 3.37. The average molecular weight is 455 g/mol. The number of halogens is 1. The number of carbonyl (C=O) groups excluding carboxylic acids is 1. The number of hydrogen-bond donors (Lipinski definition) is 1. The van der Waals surface area contributed by atoms with Crippen molar-refractivity contribution in [3.05, 3.63) is 58.6 Å². The van der Waals surface area contributed by atoms with Crippen LogP contribution in [0.25, 0.3) is 5.82 Å². The van der Waals surface area contributed by atoms with Crippen LogP contribution in [0, 0.1) is 19.8 Å². The van der Waals surface area contributed by atoms with E-state index < -0.39 is 0 Å². The molecule has 1 aliphatic heterocycles. The lowest BCUT2D eigenvalue weighted by Gasteiger charge is -2.32. The first-order chi connectivity index (χ1) is 14.0. The van der Waals surface area contributed by atoms with Crippen LogP contribution in [0.1, 0.15) is 24.2 Å². The molecule has 1 N–H and O–H groups in total. The predicted octanol–water partition coefficient (Wildman–Crippen LogP) is 3.90. The molecule has 0 radical (unpaired) electrons. The van der Waals surface area contributed by atoms with Crippen molar-refractivity contribution < 1.29 is 4.79 Å². The van der Waals surface area contributed by atoms with Crippen molar-refractivity contribution in [2.45, 2.75) is 26.7 Å². The van der Waals surface area contributed by atoms with Crippen LogP contribution in [0.15, 0.2) is 47.2 Å². The summed E-state index contributed by atoms with van der Waals surface area (Å²) < 4.78 is 2.81. The van der Waals surface area contributed by atoms with Gasteiger partial charge in [0.15, 0.2) is 5.82 Å². The van der Waals surface area contributed by atoms with E-state index in [-0.39, 0.29) is 11.8 Å². The normalized spacial score (nSPS) is 16.7. The number of amides is 1. The number of benzene rings is 1. The lowest BCUT2D eigenvalue weighted by atomic mass is 9.97. The second-order valence-corrected chi connectivity index (χ2v) is 8.27. The number of nitrogens with zero attached hydrogens (tertiary/aromatic N) is 5. The number of carbonyl (C=O) groups is 1. The molecule has 1 unspecified atom stereocenters. The van der Waals surface area contributed by atoms with Crippen LogP contribution in [-0.2, 0) is 4.79 Å².